The van der Waals surface area contributed by atoms with Gasteiger partial charge in [-0.15, -0.1) is 0 Å². The van der Waals surface area contributed by atoms with Crippen LogP contribution in [0, 0.1) is 34.4 Å². The van der Waals surface area contributed by atoms with Crippen molar-refractivity contribution in [3.05, 3.63) is 58.4 Å². The van der Waals surface area contributed by atoms with Crippen LogP contribution >= 0.6 is 11.6 Å². The first-order chi connectivity index (χ1) is 14.3. The Morgan fingerprint density at radius 3 is 2.60 bits per heavy atom. The molecule has 2 aromatic rings. The second-order valence-corrected chi connectivity index (χ2v) is 9.07. The summed E-state index contributed by atoms with van der Waals surface area (Å²) in [5.41, 5.74) is -0.0916. The van der Waals surface area contributed by atoms with Crippen LogP contribution in [0.2, 0.25) is 5.02 Å². The summed E-state index contributed by atoms with van der Waals surface area (Å²) in [6, 6.07) is 11.3. The van der Waals surface area contributed by atoms with Crippen molar-refractivity contribution >= 4 is 21.6 Å². The molecular weight excluding hydrogens is 431 g/mol. The van der Waals surface area contributed by atoms with E-state index >= 15 is 0 Å². The third kappa shape index (κ3) is 4.25. The lowest BCUT2D eigenvalue weighted by Crippen LogP contribution is -2.63. The average Bonchev–Trinajstić information content (AvgIpc) is 2.70. The molecule has 2 atom stereocenters. The normalized spacial score (nSPS) is 18.8. The summed E-state index contributed by atoms with van der Waals surface area (Å²) < 4.78 is 46.9. The van der Waals surface area contributed by atoms with Crippen molar-refractivity contribution < 1.29 is 17.5 Å². The van der Waals surface area contributed by atoms with Crippen LogP contribution in [-0.2, 0) is 10.0 Å². The quantitative estimate of drug-likeness (QED) is 0.697. The van der Waals surface area contributed by atoms with E-state index in [4.69, 9.17) is 21.6 Å². The number of rotatable bonds is 7. The highest BCUT2D eigenvalue weighted by atomic mass is 35.5. The van der Waals surface area contributed by atoms with Crippen LogP contribution in [0.1, 0.15) is 11.1 Å². The summed E-state index contributed by atoms with van der Waals surface area (Å²) in [4.78, 5) is -0.0935. The van der Waals surface area contributed by atoms with Crippen LogP contribution < -0.4 is 10.1 Å². The van der Waals surface area contributed by atoms with Gasteiger partial charge in [0.2, 0.25) is 10.0 Å². The van der Waals surface area contributed by atoms with Gasteiger partial charge in [0.1, 0.15) is 28.6 Å². The molecule has 1 aliphatic rings. The highest BCUT2D eigenvalue weighted by Crippen LogP contribution is 2.34. The largest absolute Gasteiger partial charge is 0.493 e. The van der Waals surface area contributed by atoms with Crippen LogP contribution in [0.15, 0.2) is 41.3 Å². The Kier molecular flexibility index (Phi) is 6.59. The first-order valence-corrected chi connectivity index (χ1v) is 10.8. The predicted octanol–water partition coefficient (Wildman–Crippen LogP) is 2.51. The van der Waals surface area contributed by atoms with E-state index in [0.29, 0.717) is 6.54 Å². The SMILES string of the molecule is CNCC1C(COc2ccc(C#N)c(F)c2)CN1S(=O)(=O)c1ccc(Cl)cc1C#N. The van der Waals surface area contributed by atoms with Crippen molar-refractivity contribution in [3.8, 4) is 17.9 Å². The standard InChI is InChI=1S/C20H18ClFN4O3S/c1-25-10-19-15(12-29-17-4-2-13(8-23)18(22)7-17)11-26(19)30(27,28)20-5-3-16(21)6-14(20)9-24/h2-7,15,19,25H,10-12H2,1H3. The van der Waals surface area contributed by atoms with Gasteiger partial charge in [-0.1, -0.05) is 11.6 Å². The molecule has 1 saturated heterocycles. The van der Waals surface area contributed by atoms with E-state index in [1.54, 1.807) is 13.1 Å². The molecule has 7 nitrogen and oxygen atoms in total. The molecule has 156 valence electrons. The number of benzene rings is 2. The summed E-state index contributed by atoms with van der Waals surface area (Å²) in [6.07, 6.45) is 0. The summed E-state index contributed by atoms with van der Waals surface area (Å²) in [5, 5.41) is 21.3. The highest BCUT2D eigenvalue weighted by Gasteiger charge is 2.46. The van der Waals surface area contributed by atoms with E-state index in [2.05, 4.69) is 5.32 Å². The second-order valence-electron chi connectivity index (χ2n) is 6.78. The lowest BCUT2D eigenvalue weighted by atomic mass is 9.92. The number of nitrogens with one attached hydrogen (secondary N) is 1. The molecule has 2 aromatic carbocycles. The van der Waals surface area contributed by atoms with Gasteiger partial charge in [-0.2, -0.15) is 14.8 Å². The fourth-order valence-corrected chi connectivity index (χ4v) is 5.36. The number of sulfonamides is 1. The first-order valence-electron chi connectivity index (χ1n) is 9.00. The van der Waals surface area contributed by atoms with Crippen molar-refractivity contribution in [1.82, 2.24) is 9.62 Å². The molecule has 0 aliphatic carbocycles. The second kappa shape index (κ2) is 8.99. The average molecular weight is 449 g/mol. The van der Waals surface area contributed by atoms with Crippen molar-refractivity contribution in [2.24, 2.45) is 5.92 Å². The van der Waals surface area contributed by atoms with Crippen molar-refractivity contribution in [2.45, 2.75) is 10.9 Å². The smallest absolute Gasteiger partial charge is 0.244 e. The number of ether oxygens (including phenoxy) is 1. The zero-order valence-electron chi connectivity index (χ0n) is 16.0. The maximum Gasteiger partial charge on any atom is 0.244 e. The van der Waals surface area contributed by atoms with Gasteiger partial charge in [0.05, 0.1) is 17.7 Å². The van der Waals surface area contributed by atoms with Crippen LogP contribution in [0.5, 0.6) is 5.75 Å². The molecule has 0 spiro atoms. The molecule has 0 amide bonds. The summed E-state index contributed by atoms with van der Waals surface area (Å²) >= 11 is 5.87. The number of hydrogen-bond acceptors (Lipinski definition) is 6. The third-order valence-corrected chi connectivity index (χ3v) is 7.10. The zero-order valence-corrected chi connectivity index (χ0v) is 17.5. The van der Waals surface area contributed by atoms with E-state index in [1.165, 1.54) is 34.6 Å². The molecule has 0 aromatic heterocycles. The molecule has 1 aliphatic heterocycles. The van der Waals surface area contributed by atoms with Crippen molar-refractivity contribution in [1.29, 1.82) is 10.5 Å². The fourth-order valence-electron chi connectivity index (χ4n) is 3.32. The van der Waals surface area contributed by atoms with Crippen LogP contribution in [0.4, 0.5) is 4.39 Å². The minimum absolute atomic E-state index is 0.0153. The Hall–Kier alpha value is -2.69. The maximum atomic E-state index is 13.7. The molecule has 30 heavy (non-hydrogen) atoms. The molecule has 10 heteroatoms. The molecule has 0 radical (unpaired) electrons. The minimum atomic E-state index is -3.90. The van der Waals surface area contributed by atoms with Gasteiger partial charge >= 0.3 is 0 Å². The topological polar surface area (TPSA) is 106 Å². The fraction of sp³-hybridized carbons (Fsp3) is 0.300. The van der Waals surface area contributed by atoms with E-state index in [9.17, 15) is 18.1 Å². The highest BCUT2D eigenvalue weighted by molar-refractivity contribution is 7.89. The van der Waals surface area contributed by atoms with E-state index < -0.39 is 21.9 Å². The van der Waals surface area contributed by atoms with Crippen LogP contribution in [0.3, 0.4) is 0 Å². The zero-order chi connectivity index (χ0) is 21.9. The van der Waals surface area contributed by atoms with E-state index in [1.807, 2.05) is 6.07 Å². The lowest BCUT2D eigenvalue weighted by molar-refractivity contribution is 0.0583. The third-order valence-electron chi connectivity index (χ3n) is 4.92. The summed E-state index contributed by atoms with van der Waals surface area (Å²) in [5.74, 6) is -0.546. The number of nitrogens with zero attached hydrogens (tertiary/aromatic N) is 3. The van der Waals surface area contributed by atoms with Gasteiger partial charge in [-0.3, -0.25) is 0 Å². The minimum Gasteiger partial charge on any atom is -0.493 e. The maximum absolute atomic E-state index is 13.7. The Morgan fingerprint density at radius 1 is 1.23 bits per heavy atom. The van der Waals surface area contributed by atoms with E-state index in [0.717, 1.165) is 6.07 Å². The number of likely N-dealkylation sites (N-methyl/N-ethyl adjacent to an activating group) is 1. The molecule has 2 unspecified atom stereocenters. The first kappa shape index (κ1) is 22.0. The van der Waals surface area contributed by atoms with Gasteiger partial charge in [0.25, 0.3) is 0 Å². The molecule has 1 heterocycles. The molecule has 1 fully saturated rings. The molecule has 0 saturated carbocycles. The van der Waals surface area contributed by atoms with Crippen molar-refractivity contribution in [3.63, 3.8) is 0 Å². The number of nitriles is 2. The lowest BCUT2D eigenvalue weighted by Gasteiger charge is -2.46. The summed E-state index contributed by atoms with van der Waals surface area (Å²) in [7, 11) is -2.20. The Labute approximate surface area is 179 Å². The molecule has 0 bridgehead atoms. The molecular formula is C20H18ClFN4O3S. The van der Waals surface area contributed by atoms with Gasteiger partial charge < -0.3 is 10.1 Å². The molecule has 3 rings (SSSR count). The van der Waals surface area contributed by atoms with E-state index in [-0.39, 0.29) is 45.9 Å². The van der Waals surface area contributed by atoms with Crippen LogP contribution in [0.25, 0.3) is 0 Å². The van der Waals surface area contributed by atoms with Crippen LogP contribution in [-0.4, -0.2) is 45.5 Å². The summed E-state index contributed by atoms with van der Waals surface area (Å²) in [6.45, 7) is 0.751. The number of halogens is 2. The monoisotopic (exact) mass is 448 g/mol. The van der Waals surface area contributed by atoms with Crippen molar-refractivity contribution in [2.75, 3.05) is 26.7 Å². The Morgan fingerprint density at radius 2 is 1.97 bits per heavy atom. The Balaban J connectivity index is 1.75. The Bertz CT molecular complexity index is 1140. The predicted molar refractivity (Wildman–Crippen MR) is 108 cm³/mol. The van der Waals surface area contributed by atoms with Gasteiger partial charge in [-0.05, 0) is 37.4 Å². The van der Waals surface area contributed by atoms with Gasteiger partial charge in [0, 0.05) is 36.1 Å². The molecule has 1 N–H and O–H groups in total. The van der Waals surface area contributed by atoms with Gasteiger partial charge in [0.15, 0.2) is 0 Å². The number of hydrogen-bond donors (Lipinski definition) is 1. The van der Waals surface area contributed by atoms with Gasteiger partial charge in [-0.25, -0.2) is 12.8 Å².